The first kappa shape index (κ1) is 15.9. The SMILES string of the molecule is CC(C)CC(C)C(C(=O)O)c1cccc([N+](=O)[O-])c1N. The highest BCUT2D eigenvalue weighted by atomic mass is 16.6. The smallest absolute Gasteiger partial charge is 0.311 e. The van der Waals surface area contributed by atoms with Gasteiger partial charge in [0.2, 0.25) is 0 Å². The maximum absolute atomic E-state index is 11.5. The van der Waals surface area contributed by atoms with Crippen molar-refractivity contribution in [3.05, 3.63) is 33.9 Å². The van der Waals surface area contributed by atoms with Crippen LogP contribution in [0.25, 0.3) is 0 Å². The fourth-order valence-electron chi connectivity index (χ4n) is 2.56. The van der Waals surface area contributed by atoms with Gasteiger partial charge >= 0.3 is 5.97 Å². The van der Waals surface area contributed by atoms with Crippen molar-refractivity contribution < 1.29 is 14.8 Å². The summed E-state index contributed by atoms with van der Waals surface area (Å²) in [5, 5.41) is 20.3. The third-order valence-corrected chi connectivity index (χ3v) is 3.33. The topological polar surface area (TPSA) is 106 Å². The number of para-hydroxylation sites is 1. The highest BCUT2D eigenvalue weighted by Gasteiger charge is 2.31. The summed E-state index contributed by atoms with van der Waals surface area (Å²) in [6, 6.07) is 4.31. The van der Waals surface area contributed by atoms with E-state index in [0.717, 1.165) is 0 Å². The molecule has 1 rings (SSSR count). The van der Waals surface area contributed by atoms with Gasteiger partial charge in [0.05, 0.1) is 10.8 Å². The molecule has 0 bridgehead atoms. The minimum absolute atomic E-state index is 0.0551. The number of nitrogen functional groups attached to an aromatic ring is 1. The number of carbonyl (C=O) groups is 1. The van der Waals surface area contributed by atoms with E-state index >= 15 is 0 Å². The molecule has 0 saturated carbocycles. The first-order valence-electron chi connectivity index (χ1n) is 6.51. The highest BCUT2D eigenvalue weighted by molar-refractivity contribution is 5.81. The number of carboxylic acids is 1. The van der Waals surface area contributed by atoms with Gasteiger partial charge in [-0.15, -0.1) is 0 Å². The van der Waals surface area contributed by atoms with E-state index in [1.807, 2.05) is 20.8 Å². The van der Waals surface area contributed by atoms with E-state index in [1.54, 1.807) is 6.07 Å². The van der Waals surface area contributed by atoms with Crippen molar-refractivity contribution in [2.45, 2.75) is 33.1 Å². The Morgan fingerprint density at radius 3 is 2.45 bits per heavy atom. The molecule has 0 aliphatic carbocycles. The number of anilines is 1. The van der Waals surface area contributed by atoms with Crippen LogP contribution in [-0.2, 0) is 4.79 Å². The lowest BCUT2D eigenvalue weighted by Gasteiger charge is -2.23. The van der Waals surface area contributed by atoms with Gasteiger partial charge in [0.15, 0.2) is 0 Å². The van der Waals surface area contributed by atoms with Gasteiger partial charge in [-0.25, -0.2) is 0 Å². The van der Waals surface area contributed by atoms with Crippen molar-refractivity contribution in [2.24, 2.45) is 11.8 Å². The van der Waals surface area contributed by atoms with Crippen molar-refractivity contribution in [1.82, 2.24) is 0 Å². The third kappa shape index (κ3) is 3.46. The van der Waals surface area contributed by atoms with Crippen molar-refractivity contribution in [2.75, 3.05) is 5.73 Å². The second kappa shape index (κ2) is 6.36. The molecule has 0 aliphatic rings. The number of nitro groups is 1. The molecular weight excluding hydrogens is 260 g/mol. The molecule has 0 saturated heterocycles. The molecule has 1 aromatic rings. The number of aliphatic carboxylic acids is 1. The number of nitro benzene ring substituents is 1. The minimum atomic E-state index is -1.01. The zero-order valence-electron chi connectivity index (χ0n) is 11.9. The molecule has 6 heteroatoms. The maximum atomic E-state index is 11.5. The van der Waals surface area contributed by atoms with E-state index < -0.39 is 16.8 Å². The van der Waals surface area contributed by atoms with Crippen LogP contribution >= 0.6 is 0 Å². The lowest BCUT2D eigenvalue weighted by molar-refractivity contribution is -0.384. The molecule has 3 N–H and O–H groups in total. The molecule has 0 heterocycles. The van der Waals surface area contributed by atoms with Gasteiger partial charge in [-0.05, 0) is 23.8 Å². The Hall–Kier alpha value is -2.11. The van der Waals surface area contributed by atoms with Gasteiger partial charge in [-0.2, -0.15) is 0 Å². The van der Waals surface area contributed by atoms with Gasteiger partial charge in [-0.1, -0.05) is 32.9 Å². The van der Waals surface area contributed by atoms with Crippen molar-refractivity contribution in [3.8, 4) is 0 Å². The van der Waals surface area contributed by atoms with Gasteiger partial charge in [0, 0.05) is 6.07 Å². The van der Waals surface area contributed by atoms with E-state index in [9.17, 15) is 20.0 Å². The van der Waals surface area contributed by atoms with Crippen LogP contribution in [0.3, 0.4) is 0 Å². The summed E-state index contributed by atoms with van der Waals surface area (Å²) < 4.78 is 0. The molecule has 2 unspecified atom stereocenters. The summed E-state index contributed by atoms with van der Waals surface area (Å²) in [6.07, 6.45) is 0.707. The average molecular weight is 280 g/mol. The second-order valence-electron chi connectivity index (χ2n) is 5.46. The van der Waals surface area contributed by atoms with Crippen LogP contribution < -0.4 is 5.73 Å². The summed E-state index contributed by atoms with van der Waals surface area (Å²) >= 11 is 0. The monoisotopic (exact) mass is 280 g/mol. The molecule has 2 atom stereocenters. The Labute approximate surface area is 117 Å². The van der Waals surface area contributed by atoms with Crippen molar-refractivity contribution in [3.63, 3.8) is 0 Å². The molecule has 1 aromatic carbocycles. The fourth-order valence-corrected chi connectivity index (χ4v) is 2.56. The maximum Gasteiger partial charge on any atom is 0.311 e. The lowest BCUT2D eigenvalue weighted by atomic mass is 9.81. The normalized spacial score (nSPS) is 14.0. The van der Waals surface area contributed by atoms with Crippen molar-refractivity contribution in [1.29, 1.82) is 0 Å². The first-order chi connectivity index (χ1) is 9.25. The molecule has 6 nitrogen and oxygen atoms in total. The van der Waals surface area contributed by atoms with Gasteiger partial charge < -0.3 is 10.8 Å². The predicted molar refractivity (Wildman–Crippen MR) is 76.5 cm³/mol. The number of nitrogens with two attached hydrogens (primary N) is 1. The molecule has 0 amide bonds. The average Bonchev–Trinajstić information content (AvgIpc) is 2.29. The Balaban J connectivity index is 3.26. The summed E-state index contributed by atoms with van der Waals surface area (Å²) in [5.74, 6) is -1.66. The van der Waals surface area contributed by atoms with E-state index in [1.165, 1.54) is 12.1 Å². The number of benzene rings is 1. The standard InChI is InChI=1S/C14H20N2O4/c1-8(2)7-9(3)12(14(17)18)10-5-4-6-11(13(10)15)16(19)20/h4-6,8-9,12H,7,15H2,1-3H3,(H,17,18). The number of carboxylic acid groups (broad SMARTS) is 1. The molecule has 0 spiro atoms. The zero-order valence-corrected chi connectivity index (χ0v) is 11.9. The van der Waals surface area contributed by atoms with Crippen molar-refractivity contribution >= 4 is 17.3 Å². The van der Waals surface area contributed by atoms with E-state index in [-0.39, 0.29) is 17.3 Å². The van der Waals surface area contributed by atoms with Crippen LogP contribution in [0.15, 0.2) is 18.2 Å². The number of hydrogen-bond acceptors (Lipinski definition) is 4. The number of rotatable bonds is 6. The molecule has 110 valence electrons. The van der Waals surface area contributed by atoms with E-state index in [0.29, 0.717) is 17.9 Å². The molecule has 0 aliphatic heterocycles. The number of hydrogen-bond donors (Lipinski definition) is 2. The largest absolute Gasteiger partial charge is 0.481 e. The molecule has 0 aromatic heterocycles. The summed E-state index contributed by atoms with van der Waals surface area (Å²) in [7, 11) is 0. The van der Waals surface area contributed by atoms with Gasteiger partial charge in [0.1, 0.15) is 5.69 Å². The van der Waals surface area contributed by atoms with Crippen LogP contribution in [0.2, 0.25) is 0 Å². The molecular formula is C14H20N2O4. The fraction of sp³-hybridized carbons (Fsp3) is 0.500. The van der Waals surface area contributed by atoms with Crippen LogP contribution in [0.1, 0.15) is 38.7 Å². The zero-order chi connectivity index (χ0) is 15.4. The number of nitrogens with zero attached hydrogens (tertiary/aromatic N) is 1. The van der Waals surface area contributed by atoms with Crippen LogP contribution in [0.5, 0.6) is 0 Å². The van der Waals surface area contributed by atoms with Crippen LogP contribution in [-0.4, -0.2) is 16.0 Å². The summed E-state index contributed by atoms with van der Waals surface area (Å²) in [5.41, 5.74) is 5.81. The predicted octanol–water partition coefficient (Wildman–Crippen LogP) is 3.03. The Morgan fingerprint density at radius 2 is 2.00 bits per heavy atom. The quantitative estimate of drug-likeness (QED) is 0.473. The Kier molecular flexibility index (Phi) is 5.07. The molecule has 0 fully saturated rings. The lowest BCUT2D eigenvalue weighted by Crippen LogP contribution is -2.22. The summed E-state index contributed by atoms with van der Waals surface area (Å²) in [6.45, 7) is 5.84. The van der Waals surface area contributed by atoms with Gasteiger partial charge in [0.25, 0.3) is 5.69 Å². The van der Waals surface area contributed by atoms with E-state index in [4.69, 9.17) is 5.73 Å². The van der Waals surface area contributed by atoms with E-state index in [2.05, 4.69) is 0 Å². The minimum Gasteiger partial charge on any atom is -0.481 e. The molecule has 20 heavy (non-hydrogen) atoms. The highest BCUT2D eigenvalue weighted by Crippen LogP contribution is 2.36. The summed E-state index contributed by atoms with van der Waals surface area (Å²) in [4.78, 5) is 21.8. The van der Waals surface area contributed by atoms with Crippen LogP contribution in [0.4, 0.5) is 11.4 Å². The second-order valence-corrected chi connectivity index (χ2v) is 5.46. The Morgan fingerprint density at radius 1 is 1.40 bits per heavy atom. The third-order valence-electron chi connectivity index (χ3n) is 3.33. The van der Waals surface area contributed by atoms with Gasteiger partial charge in [-0.3, -0.25) is 14.9 Å². The Bertz CT molecular complexity index is 514. The molecule has 0 radical (unpaired) electrons. The first-order valence-corrected chi connectivity index (χ1v) is 6.51. The van der Waals surface area contributed by atoms with Crippen LogP contribution in [0, 0.1) is 22.0 Å².